The summed E-state index contributed by atoms with van der Waals surface area (Å²) < 4.78 is 24.9. The summed E-state index contributed by atoms with van der Waals surface area (Å²) in [5.74, 6) is 1.04. The van der Waals surface area contributed by atoms with Gasteiger partial charge in [0.15, 0.2) is 14.2 Å². The summed E-state index contributed by atoms with van der Waals surface area (Å²) in [7, 11) is -2.94. The highest BCUT2D eigenvalue weighted by Crippen LogP contribution is 2.29. The predicted octanol–water partition coefficient (Wildman–Crippen LogP) is 2.47. The highest BCUT2D eigenvalue weighted by atomic mass is 32.2. The van der Waals surface area contributed by atoms with Crippen molar-refractivity contribution in [2.75, 3.05) is 17.3 Å². The number of aromatic nitrogens is 1. The largest absolute Gasteiger partial charge is 0.352 e. The van der Waals surface area contributed by atoms with Crippen molar-refractivity contribution < 1.29 is 13.2 Å². The van der Waals surface area contributed by atoms with E-state index in [9.17, 15) is 13.2 Å². The summed E-state index contributed by atoms with van der Waals surface area (Å²) in [4.78, 5) is 16.4. The van der Waals surface area contributed by atoms with Crippen LogP contribution in [0.3, 0.4) is 0 Å². The number of fused-ring (bicyclic) bond motifs is 1. The second-order valence-electron chi connectivity index (χ2n) is 5.57. The normalized spacial score (nSPS) is 19.9. The van der Waals surface area contributed by atoms with Crippen LogP contribution >= 0.6 is 23.1 Å². The van der Waals surface area contributed by atoms with Gasteiger partial charge in [-0.05, 0) is 25.0 Å². The minimum absolute atomic E-state index is 0.0583. The summed E-state index contributed by atoms with van der Waals surface area (Å²) >= 11 is 3.33. The van der Waals surface area contributed by atoms with Crippen molar-refractivity contribution in [3.63, 3.8) is 0 Å². The van der Waals surface area contributed by atoms with E-state index in [0.717, 1.165) is 22.0 Å². The average Bonchev–Trinajstić information content (AvgIpc) is 3.06. The van der Waals surface area contributed by atoms with Crippen LogP contribution < -0.4 is 5.32 Å². The van der Waals surface area contributed by atoms with Crippen LogP contribution in [0.1, 0.15) is 19.3 Å². The summed E-state index contributed by atoms with van der Waals surface area (Å²) in [6.45, 7) is 0. The number of thioether (sulfide) groups is 1. The molecule has 1 amide bonds. The van der Waals surface area contributed by atoms with E-state index in [1.165, 1.54) is 4.70 Å². The Labute approximate surface area is 143 Å². The monoisotopic (exact) mass is 370 g/mol. The van der Waals surface area contributed by atoms with Crippen molar-refractivity contribution in [2.45, 2.75) is 29.6 Å². The molecule has 2 heterocycles. The molecule has 0 saturated carbocycles. The van der Waals surface area contributed by atoms with E-state index in [4.69, 9.17) is 0 Å². The molecule has 1 fully saturated rings. The molecule has 23 heavy (non-hydrogen) atoms. The van der Waals surface area contributed by atoms with E-state index < -0.39 is 9.84 Å². The van der Waals surface area contributed by atoms with E-state index in [2.05, 4.69) is 16.4 Å². The van der Waals surface area contributed by atoms with Crippen LogP contribution in [0.25, 0.3) is 10.2 Å². The first-order chi connectivity index (χ1) is 11.0. The lowest BCUT2D eigenvalue weighted by Gasteiger charge is -2.10. The Morgan fingerprint density at radius 1 is 1.39 bits per heavy atom. The number of carbonyl (C=O) groups is 1. The summed E-state index contributed by atoms with van der Waals surface area (Å²) in [5, 5.41) is 2.81. The molecule has 1 unspecified atom stereocenters. The molecule has 1 saturated heterocycles. The first-order valence-electron chi connectivity index (χ1n) is 7.50. The van der Waals surface area contributed by atoms with Crippen LogP contribution in [0, 0.1) is 0 Å². The second kappa shape index (κ2) is 7.19. The molecule has 5 nitrogen and oxygen atoms in total. The van der Waals surface area contributed by atoms with Crippen LogP contribution in [-0.2, 0) is 14.6 Å². The molecule has 1 aliphatic heterocycles. The van der Waals surface area contributed by atoms with Gasteiger partial charge >= 0.3 is 0 Å². The number of sulfone groups is 1. The van der Waals surface area contributed by atoms with E-state index in [0.29, 0.717) is 12.8 Å². The number of hydrogen-bond acceptors (Lipinski definition) is 6. The molecule has 1 aromatic heterocycles. The van der Waals surface area contributed by atoms with Gasteiger partial charge in [0.05, 0.1) is 21.7 Å². The van der Waals surface area contributed by atoms with Crippen molar-refractivity contribution in [3.8, 4) is 0 Å². The molecule has 0 spiro atoms. The maximum Gasteiger partial charge on any atom is 0.220 e. The van der Waals surface area contributed by atoms with Gasteiger partial charge in [-0.2, -0.15) is 0 Å². The topological polar surface area (TPSA) is 76.1 Å². The van der Waals surface area contributed by atoms with Gasteiger partial charge in [0, 0.05) is 18.2 Å². The third kappa shape index (κ3) is 4.68. The molecule has 0 radical (unpaired) electrons. The standard InChI is InChI=1S/C15H18N2O3S3/c18-14(16-11-7-9-23(19,20)10-11)6-3-8-21-15-17-12-4-1-2-5-13(12)22-15/h1-2,4-5,11H,3,6-10H2,(H,16,18). The van der Waals surface area contributed by atoms with E-state index >= 15 is 0 Å². The van der Waals surface area contributed by atoms with Crippen molar-refractivity contribution in [3.05, 3.63) is 24.3 Å². The van der Waals surface area contributed by atoms with Crippen LogP contribution in [0.15, 0.2) is 28.6 Å². The van der Waals surface area contributed by atoms with Gasteiger partial charge in [0.25, 0.3) is 0 Å². The zero-order chi connectivity index (χ0) is 16.3. The van der Waals surface area contributed by atoms with E-state index in [-0.39, 0.29) is 23.5 Å². The van der Waals surface area contributed by atoms with Crippen LogP contribution in [-0.4, -0.2) is 42.6 Å². The molecule has 124 valence electrons. The quantitative estimate of drug-likeness (QED) is 0.624. The Hall–Kier alpha value is -1.12. The van der Waals surface area contributed by atoms with Crippen molar-refractivity contribution in [1.29, 1.82) is 0 Å². The first kappa shape index (κ1) is 16.7. The third-order valence-corrected chi connectivity index (χ3v) is 7.68. The lowest BCUT2D eigenvalue weighted by atomic mass is 10.2. The average molecular weight is 371 g/mol. The fraction of sp³-hybridized carbons (Fsp3) is 0.467. The van der Waals surface area contributed by atoms with Gasteiger partial charge in [-0.1, -0.05) is 23.9 Å². The van der Waals surface area contributed by atoms with Gasteiger partial charge in [-0.3, -0.25) is 4.79 Å². The molecule has 2 aromatic rings. The Morgan fingerprint density at radius 2 is 2.22 bits per heavy atom. The molecule has 1 aliphatic rings. The summed E-state index contributed by atoms with van der Waals surface area (Å²) in [6, 6.07) is 7.83. The Balaban J connectivity index is 1.38. The van der Waals surface area contributed by atoms with Crippen molar-refractivity contribution in [1.82, 2.24) is 10.3 Å². The lowest BCUT2D eigenvalue weighted by Crippen LogP contribution is -2.35. The smallest absolute Gasteiger partial charge is 0.220 e. The highest BCUT2D eigenvalue weighted by Gasteiger charge is 2.28. The Morgan fingerprint density at radius 3 is 2.96 bits per heavy atom. The molecule has 3 rings (SSSR count). The van der Waals surface area contributed by atoms with Crippen LogP contribution in [0.4, 0.5) is 0 Å². The summed E-state index contributed by atoms with van der Waals surface area (Å²) in [6.07, 6.45) is 1.72. The zero-order valence-corrected chi connectivity index (χ0v) is 15.0. The van der Waals surface area contributed by atoms with E-state index in [1.807, 2.05) is 18.2 Å². The van der Waals surface area contributed by atoms with Gasteiger partial charge < -0.3 is 5.32 Å². The Kier molecular flexibility index (Phi) is 5.23. The number of thiazole rings is 1. The fourth-order valence-electron chi connectivity index (χ4n) is 2.51. The van der Waals surface area contributed by atoms with Crippen molar-refractivity contribution >= 4 is 49.1 Å². The lowest BCUT2D eigenvalue weighted by molar-refractivity contribution is -0.121. The van der Waals surface area contributed by atoms with E-state index in [1.54, 1.807) is 23.1 Å². The van der Waals surface area contributed by atoms with Crippen LogP contribution in [0.5, 0.6) is 0 Å². The number of nitrogens with zero attached hydrogens (tertiary/aromatic N) is 1. The van der Waals surface area contributed by atoms with Crippen molar-refractivity contribution in [2.24, 2.45) is 0 Å². The van der Waals surface area contributed by atoms with Gasteiger partial charge in [0.1, 0.15) is 0 Å². The number of hydrogen-bond donors (Lipinski definition) is 1. The minimum atomic E-state index is -2.94. The van der Waals surface area contributed by atoms with Gasteiger partial charge in [0.2, 0.25) is 5.91 Å². The van der Waals surface area contributed by atoms with Gasteiger partial charge in [-0.25, -0.2) is 13.4 Å². The number of para-hydroxylation sites is 1. The number of carbonyl (C=O) groups excluding carboxylic acids is 1. The summed E-state index contributed by atoms with van der Waals surface area (Å²) in [5.41, 5.74) is 1.01. The second-order valence-corrected chi connectivity index (χ2v) is 10.2. The van der Waals surface area contributed by atoms with Gasteiger partial charge in [-0.15, -0.1) is 11.3 Å². The molecule has 1 aromatic carbocycles. The molecule has 1 atom stereocenters. The van der Waals surface area contributed by atoms with Crippen LogP contribution in [0.2, 0.25) is 0 Å². The maximum absolute atomic E-state index is 11.8. The SMILES string of the molecule is O=C(CCCSc1nc2ccccc2s1)NC1CCS(=O)(=O)C1. The zero-order valence-electron chi connectivity index (χ0n) is 12.5. The fourth-order valence-corrected chi connectivity index (χ4v) is 6.27. The molecule has 8 heteroatoms. The number of benzene rings is 1. The third-order valence-electron chi connectivity index (χ3n) is 3.65. The number of amides is 1. The first-order valence-corrected chi connectivity index (χ1v) is 11.1. The molecule has 0 bridgehead atoms. The highest BCUT2D eigenvalue weighted by molar-refractivity contribution is 8.01. The molecular formula is C15H18N2O3S3. The molecule has 1 N–H and O–H groups in total. The predicted molar refractivity (Wildman–Crippen MR) is 94.8 cm³/mol. The minimum Gasteiger partial charge on any atom is -0.352 e. The number of rotatable bonds is 6. The molecule has 0 aliphatic carbocycles. The Bertz CT molecular complexity index is 768. The maximum atomic E-state index is 11.8. The number of nitrogens with one attached hydrogen (secondary N) is 1. The molecular weight excluding hydrogens is 352 g/mol.